The van der Waals surface area contributed by atoms with Crippen molar-refractivity contribution in [3.63, 3.8) is 0 Å². The van der Waals surface area contributed by atoms with Gasteiger partial charge in [-0.1, -0.05) is 54.6 Å². The molecule has 0 heterocycles. The maximum atomic E-state index is 12.5. The first kappa shape index (κ1) is 14.3. The highest BCUT2D eigenvalue weighted by Crippen LogP contribution is 2.16. The van der Waals surface area contributed by atoms with Gasteiger partial charge in [0.25, 0.3) is 0 Å². The number of hydrogen-bond donors (Lipinski definition) is 0. The maximum absolute atomic E-state index is 12.5. The summed E-state index contributed by atoms with van der Waals surface area (Å²) in [5.41, 5.74) is 3.40. The third-order valence-corrected chi connectivity index (χ3v) is 3.26. The van der Waals surface area contributed by atoms with Gasteiger partial charge >= 0.3 is 0 Å². The molecular formula is C18H20FN. The van der Waals surface area contributed by atoms with Crippen LogP contribution in [0.1, 0.15) is 18.1 Å². The Morgan fingerprint density at radius 1 is 0.900 bits per heavy atom. The molecule has 20 heavy (non-hydrogen) atoms. The van der Waals surface area contributed by atoms with Gasteiger partial charge in [-0.05, 0) is 30.2 Å². The molecule has 0 fully saturated rings. The average molecular weight is 269 g/mol. The lowest BCUT2D eigenvalue weighted by Crippen LogP contribution is -2.24. The van der Waals surface area contributed by atoms with E-state index in [1.807, 2.05) is 42.2 Å². The minimum atomic E-state index is -0.316. The van der Waals surface area contributed by atoms with Crippen molar-refractivity contribution in [2.24, 2.45) is 0 Å². The highest BCUT2D eigenvalue weighted by atomic mass is 19.1. The lowest BCUT2D eigenvalue weighted by atomic mass is 10.1. The Bertz CT molecular complexity index is 531. The molecule has 104 valence electrons. The Kier molecular flexibility index (Phi) is 5.36. The third kappa shape index (κ3) is 3.95. The van der Waals surface area contributed by atoms with Gasteiger partial charge in [-0.3, -0.25) is 0 Å². The second-order valence-corrected chi connectivity index (χ2v) is 4.60. The van der Waals surface area contributed by atoms with Gasteiger partial charge in [0.15, 0.2) is 0 Å². The highest BCUT2D eigenvalue weighted by Gasteiger charge is 2.02. The summed E-state index contributed by atoms with van der Waals surface area (Å²) in [6.07, 6.45) is 4.18. The van der Waals surface area contributed by atoms with Crippen molar-refractivity contribution in [2.45, 2.75) is 6.92 Å². The molecule has 0 saturated carbocycles. The van der Waals surface area contributed by atoms with Crippen molar-refractivity contribution < 1.29 is 4.39 Å². The van der Waals surface area contributed by atoms with E-state index in [1.54, 1.807) is 0 Å². The molecule has 2 aromatic carbocycles. The van der Waals surface area contributed by atoms with Crippen LogP contribution in [-0.2, 0) is 0 Å². The molecule has 0 aromatic heterocycles. The molecule has 0 atom stereocenters. The van der Waals surface area contributed by atoms with Crippen LogP contribution in [0.25, 0.3) is 12.2 Å². The summed E-state index contributed by atoms with van der Waals surface area (Å²) < 4.78 is 12.5. The van der Waals surface area contributed by atoms with Crippen molar-refractivity contribution in [1.29, 1.82) is 0 Å². The molecule has 0 bridgehead atoms. The zero-order valence-electron chi connectivity index (χ0n) is 11.8. The predicted octanol–water partition coefficient (Wildman–Crippen LogP) is 4.65. The van der Waals surface area contributed by atoms with Gasteiger partial charge in [0.05, 0.1) is 0 Å². The van der Waals surface area contributed by atoms with E-state index >= 15 is 0 Å². The highest BCUT2D eigenvalue weighted by molar-refractivity contribution is 5.70. The van der Waals surface area contributed by atoms with E-state index in [0.717, 1.165) is 17.8 Å². The monoisotopic (exact) mass is 269 g/mol. The number of hydrogen-bond acceptors (Lipinski definition) is 1. The van der Waals surface area contributed by atoms with Gasteiger partial charge < -0.3 is 4.90 Å². The molecule has 0 aliphatic carbocycles. The molecule has 0 aliphatic rings. The van der Waals surface area contributed by atoms with Crippen molar-refractivity contribution in [1.82, 2.24) is 0 Å². The van der Waals surface area contributed by atoms with Crippen LogP contribution < -0.4 is 4.90 Å². The molecule has 0 amide bonds. The van der Waals surface area contributed by atoms with Gasteiger partial charge in [0, 0.05) is 18.8 Å². The van der Waals surface area contributed by atoms with Gasteiger partial charge in [-0.25, -0.2) is 4.39 Å². The van der Waals surface area contributed by atoms with Crippen molar-refractivity contribution in [2.75, 3.05) is 24.7 Å². The van der Waals surface area contributed by atoms with E-state index in [2.05, 4.69) is 36.4 Å². The summed E-state index contributed by atoms with van der Waals surface area (Å²) in [6, 6.07) is 18.4. The molecule has 0 saturated heterocycles. The van der Waals surface area contributed by atoms with Crippen LogP contribution >= 0.6 is 0 Å². The van der Waals surface area contributed by atoms with Crippen LogP contribution in [0.3, 0.4) is 0 Å². The molecule has 2 aromatic rings. The quantitative estimate of drug-likeness (QED) is 0.690. The fourth-order valence-corrected chi connectivity index (χ4v) is 2.12. The average Bonchev–Trinajstić information content (AvgIpc) is 2.52. The Labute approximate surface area is 120 Å². The van der Waals surface area contributed by atoms with Crippen LogP contribution in [0.4, 0.5) is 10.1 Å². The van der Waals surface area contributed by atoms with Crippen LogP contribution in [0.2, 0.25) is 0 Å². The Balaban J connectivity index is 2.06. The van der Waals surface area contributed by atoms with Crippen LogP contribution in [-0.4, -0.2) is 19.8 Å². The number of anilines is 1. The van der Waals surface area contributed by atoms with E-state index in [0.29, 0.717) is 6.54 Å². The van der Waals surface area contributed by atoms with Crippen molar-refractivity contribution in [3.05, 3.63) is 65.7 Å². The zero-order chi connectivity index (χ0) is 14.2. The molecular weight excluding hydrogens is 249 g/mol. The molecule has 2 heteroatoms. The van der Waals surface area contributed by atoms with Gasteiger partial charge in [-0.15, -0.1) is 0 Å². The Morgan fingerprint density at radius 3 is 2.05 bits per heavy atom. The van der Waals surface area contributed by atoms with E-state index < -0.39 is 0 Å². The smallest absolute Gasteiger partial charge is 0.107 e. The van der Waals surface area contributed by atoms with Crippen LogP contribution in [0, 0.1) is 0 Å². The van der Waals surface area contributed by atoms with Crippen LogP contribution in [0.15, 0.2) is 54.6 Å². The summed E-state index contributed by atoms with van der Waals surface area (Å²) in [5.74, 6) is 0. The predicted molar refractivity (Wildman–Crippen MR) is 85.7 cm³/mol. The summed E-state index contributed by atoms with van der Waals surface area (Å²) in [4.78, 5) is 2.03. The first-order valence-corrected chi connectivity index (χ1v) is 6.97. The van der Waals surface area contributed by atoms with Crippen molar-refractivity contribution in [3.8, 4) is 0 Å². The topological polar surface area (TPSA) is 3.24 Å². The van der Waals surface area contributed by atoms with Crippen LogP contribution in [0.5, 0.6) is 0 Å². The Hall–Kier alpha value is -2.09. The molecule has 1 nitrogen and oxygen atoms in total. The number of halogens is 1. The lowest BCUT2D eigenvalue weighted by Gasteiger charge is -2.21. The van der Waals surface area contributed by atoms with E-state index in [4.69, 9.17) is 0 Å². The zero-order valence-corrected chi connectivity index (χ0v) is 11.8. The number of alkyl halides is 1. The van der Waals surface area contributed by atoms with E-state index in [1.165, 1.54) is 5.56 Å². The largest absolute Gasteiger partial charge is 0.369 e. The second kappa shape index (κ2) is 7.49. The normalized spacial score (nSPS) is 10.9. The maximum Gasteiger partial charge on any atom is 0.107 e. The third-order valence-electron chi connectivity index (χ3n) is 3.26. The van der Waals surface area contributed by atoms with Gasteiger partial charge in [-0.2, -0.15) is 0 Å². The number of nitrogens with zero attached hydrogens (tertiary/aromatic N) is 1. The Morgan fingerprint density at radius 2 is 1.50 bits per heavy atom. The number of rotatable bonds is 6. The lowest BCUT2D eigenvalue weighted by molar-refractivity contribution is 0.492. The fraction of sp³-hybridized carbons (Fsp3) is 0.222. The molecule has 2 rings (SSSR count). The molecule has 0 N–H and O–H groups in total. The van der Waals surface area contributed by atoms with Gasteiger partial charge in [0.1, 0.15) is 6.67 Å². The first-order chi connectivity index (χ1) is 9.83. The minimum Gasteiger partial charge on any atom is -0.369 e. The molecule has 0 spiro atoms. The summed E-state index contributed by atoms with van der Waals surface area (Å²) in [7, 11) is 0. The molecule has 0 unspecified atom stereocenters. The standard InChI is InChI=1S/C18H20FN/c1-2-20(15-14-19)18-12-10-17(11-13-18)9-8-16-6-4-3-5-7-16/h3-13H,2,14-15H2,1H3/b9-8+. The van der Waals surface area contributed by atoms with E-state index in [-0.39, 0.29) is 6.67 Å². The fourth-order valence-electron chi connectivity index (χ4n) is 2.12. The number of benzene rings is 2. The minimum absolute atomic E-state index is 0.316. The van der Waals surface area contributed by atoms with E-state index in [9.17, 15) is 4.39 Å². The molecule has 0 radical (unpaired) electrons. The second-order valence-electron chi connectivity index (χ2n) is 4.60. The molecule has 0 aliphatic heterocycles. The van der Waals surface area contributed by atoms with Gasteiger partial charge in [0.2, 0.25) is 0 Å². The summed E-state index contributed by atoms with van der Waals surface area (Å²) >= 11 is 0. The summed E-state index contributed by atoms with van der Waals surface area (Å²) in [6.45, 7) is 3.00. The summed E-state index contributed by atoms with van der Waals surface area (Å²) in [5, 5.41) is 0. The first-order valence-electron chi connectivity index (χ1n) is 6.97. The SMILES string of the molecule is CCN(CCF)c1ccc(/C=C/c2ccccc2)cc1. The van der Waals surface area contributed by atoms with Crippen molar-refractivity contribution >= 4 is 17.8 Å².